The Morgan fingerprint density at radius 2 is 1.48 bits per heavy atom. The predicted molar refractivity (Wildman–Crippen MR) is 123 cm³/mol. The van der Waals surface area contributed by atoms with E-state index < -0.39 is 11.6 Å². The molecule has 3 fully saturated rings. The molecule has 0 aliphatic heterocycles. The van der Waals surface area contributed by atoms with Crippen molar-refractivity contribution in [3.8, 4) is 5.75 Å². The second kappa shape index (κ2) is 10.7. The van der Waals surface area contributed by atoms with Gasteiger partial charge in [0.2, 0.25) is 5.82 Å². The second-order valence-electron chi connectivity index (χ2n) is 11.0. The zero-order chi connectivity index (χ0) is 21.8. The largest absolute Gasteiger partial charge is 0.490 e. The molecule has 4 rings (SSSR count). The van der Waals surface area contributed by atoms with Crippen LogP contribution in [-0.4, -0.2) is 6.61 Å². The third-order valence-corrected chi connectivity index (χ3v) is 8.82. The van der Waals surface area contributed by atoms with Gasteiger partial charge in [-0.15, -0.1) is 0 Å². The number of halogens is 2. The second-order valence-corrected chi connectivity index (χ2v) is 11.0. The fourth-order valence-electron chi connectivity index (χ4n) is 6.81. The highest BCUT2D eigenvalue weighted by Crippen LogP contribution is 2.49. The topological polar surface area (TPSA) is 9.23 Å². The van der Waals surface area contributed by atoms with Crippen molar-refractivity contribution < 1.29 is 13.5 Å². The van der Waals surface area contributed by atoms with Gasteiger partial charge in [0, 0.05) is 0 Å². The van der Waals surface area contributed by atoms with E-state index in [9.17, 15) is 8.78 Å². The lowest BCUT2D eigenvalue weighted by molar-refractivity contribution is 0.108. The van der Waals surface area contributed by atoms with Crippen molar-refractivity contribution in [3.63, 3.8) is 0 Å². The molecule has 3 aliphatic rings. The molecule has 0 saturated heterocycles. The van der Waals surface area contributed by atoms with Crippen molar-refractivity contribution in [1.29, 1.82) is 0 Å². The van der Waals surface area contributed by atoms with Crippen LogP contribution in [0.25, 0.3) is 0 Å². The Hall–Kier alpha value is -1.12. The lowest BCUT2D eigenvalue weighted by Gasteiger charge is -2.43. The maximum atomic E-state index is 14.8. The van der Waals surface area contributed by atoms with E-state index in [4.69, 9.17) is 4.74 Å². The van der Waals surface area contributed by atoms with Crippen molar-refractivity contribution in [3.05, 3.63) is 29.3 Å². The summed E-state index contributed by atoms with van der Waals surface area (Å²) in [5.74, 6) is 3.08. The van der Waals surface area contributed by atoms with Gasteiger partial charge >= 0.3 is 0 Å². The Kier molecular flexibility index (Phi) is 7.93. The Bertz CT molecular complexity index is 709. The molecule has 0 radical (unpaired) electrons. The summed E-state index contributed by atoms with van der Waals surface area (Å²) in [5, 5.41) is 0. The SMILES string of the molecule is CCCOc1ccc(C2CCC3CC(CCC4CCC(C)CC4)CCC3C2)c(F)c1F. The van der Waals surface area contributed by atoms with Crippen LogP contribution in [0, 0.1) is 41.2 Å². The molecule has 3 heteroatoms. The van der Waals surface area contributed by atoms with Crippen LogP contribution < -0.4 is 4.74 Å². The summed E-state index contributed by atoms with van der Waals surface area (Å²) in [6.45, 7) is 4.79. The van der Waals surface area contributed by atoms with Crippen molar-refractivity contribution in [2.45, 2.75) is 103 Å². The zero-order valence-electron chi connectivity index (χ0n) is 19.7. The third-order valence-electron chi connectivity index (χ3n) is 8.82. The van der Waals surface area contributed by atoms with Gasteiger partial charge in [-0.2, -0.15) is 4.39 Å². The number of hydrogen-bond donors (Lipinski definition) is 0. The highest BCUT2D eigenvalue weighted by atomic mass is 19.2. The van der Waals surface area contributed by atoms with E-state index in [2.05, 4.69) is 6.92 Å². The van der Waals surface area contributed by atoms with Crippen molar-refractivity contribution in [2.24, 2.45) is 29.6 Å². The first-order valence-corrected chi connectivity index (χ1v) is 13.2. The maximum absolute atomic E-state index is 14.8. The summed E-state index contributed by atoms with van der Waals surface area (Å²) < 4.78 is 34.7. The van der Waals surface area contributed by atoms with E-state index in [1.165, 1.54) is 64.2 Å². The lowest BCUT2D eigenvalue weighted by Crippen LogP contribution is -2.31. The van der Waals surface area contributed by atoms with Crippen LogP contribution in [0.5, 0.6) is 5.75 Å². The predicted octanol–water partition coefficient (Wildman–Crippen LogP) is 8.66. The van der Waals surface area contributed by atoms with Gasteiger partial charge in [-0.25, -0.2) is 4.39 Å². The average Bonchev–Trinajstić information content (AvgIpc) is 2.79. The fourth-order valence-corrected chi connectivity index (χ4v) is 6.81. The van der Waals surface area contributed by atoms with Crippen molar-refractivity contribution in [1.82, 2.24) is 0 Å². The summed E-state index contributed by atoms with van der Waals surface area (Å²) in [6.07, 6.45) is 16.6. The molecule has 0 heterocycles. The minimum absolute atomic E-state index is 0.0599. The molecular weight excluding hydrogens is 390 g/mol. The number of benzene rings is 1. The quantitative estimate of drug-likeness (QED) is 0.419. The van der Waals surface area contributed by atoms with Crippen LogP contribution in [0.3, 0.4) is 0 Å². The zero-order valence-corrected chi connectivity index (χ0v) is 19.7. The number of hydrogen-bond acceptors (Lipinski definition) is 1. The molecule has 31 heavy (non-hydrogen) atoms. The Balaban J connectivity index is 1.28. The first kappa shape index (κ1) is 23.1. The molecule has 3 aliphatic carbocycles. The maximum Gasteiger partial charge on any atom is 0.200 e. The molecule has 0 aromatic heterocycles. The fraction of sp³-hybridized carbons (Fsp3) is 0.786. The molecule has 0 N–H and O–H groups in total. The van der Waals surface area contributed by atoms with E-state index in [1.54, 1.807) is 12.1 Å². The number of rotatable bonds is 7. The van der Waals surface area contributed by atoms with Gasteiger partial charge in [-0.3, -0.25) is 0 Å². The van der Waals surface area contributed by atoms with E-state index in [-0.39, 0.29) is 11.7 Å². The molecule has 1 aromatic rings. The minimum Gasteiger partial charge on any atom is -0.490 e. The smallest absolute Gasteiger partial charge is 0.200 e. The van der Waals surface area contributed by atoms with Crippen LogP contribution in [0.1, 0.15) is 109 Å². The highest BCUT2D eigenvalue weighted by Gasteiger charge is 2.37. The standard InChI is InChI=1S/C28H42F2O/c1-3-16-31-26-15-14-25(27(29)28(26)30)24-13-12-22-17-21(10-11-23(22)18-24)9-8-20-6-4-19(2)5-7-20/h14-15,19-24H,3-13,16-18H2,1-2H3. The summed E-state index contributed by atoms with van der Waals surface area (Å²) >= 11 is 0. The van der Waals surface area contributed by atoms with E-state index >= 15 is 0 Å². The summed E-state index contributed by atoms with van der Waals surface area (Å²) in [4.78, 5) is 0. The molecule has 3 saturated carbocycles. The first-order chi connectivity index (χ1) is 15.0. The van der Waals surface area contributed by atoms with Crippen LogP contribution in [0.15, 0.2) is 12.1 Å². The van der Waals surface area contributed by atoms with E-state index in [0.717, 1.165) is 42.9 Å². The average molecular weight is 433 g/mol. The molecule has 4 atom stereocenters. The number of ether oxygens (including phenoxy) is 1. The summed E-state index contributed by atoms with van der Waals surface area (Å²) in [6, 6.07) is 3.42. The van der Waals surface area contributed by atoms with Gasteiger partial charge in [-0.05, 0) is 85.7 Å². The molecule has 174 valence electrons. The first-order valence-electron chi connectivity index (χ1n) is 13.2. The van der Waals surface area contributed by atoms with Crippen LogP contribution in [0.2, 0.25) is 0 Å². The third kappa shape index (κ3) is 5.63. The molecular formula is C28H42F2O. The Morgan fingerprint density at radius 3 is 2.26 bits per heavy atom. The van der Waals surface area contributed by atoms with Gasteiger partial charge in [0.15, 0.2) is 11.6 Å². The molecule has 4 unspecified atom stereocenters. The molecule has 0 spiro atoms. The Labute approximate surface area is 188 Å². The van der Waals surface area contributed by atoms with Gasteiger partial charge < -0.3 is 4.74 Å². The normalized spacial score (nSPS) is 33.7. The molecule has 1 nitrogen and oxygen atoms in total. The molecule has 0 bridgehead atoms. The van der Waals surface area contributed by atoms with Gasteiger partial charge in [-0.1, -0.05) is 64.9 Å². The minimum atomic E-state index is -0.797. The van der Waals surface area contributed by atoms with Crippen LogP contribution in [-0.2, 0) is 0 Å². The monoisotopic (exact) mass is 432 g/mol. The Morgan fingerprint density at radius 1 is 0.806 bits per heavy atom. The van der Waals surface area contributed by atoms with Gasteiger partial charge in [0.05, 0.1) is 6.61 Å². The summed E-state index contributed by atoms with van der Waals surface area (Å²) in [5.41, 5.74) is 0.577. The van der Waals surface area contributed by atoms with Gasteiger partial charge in [0.1, 0.15) is 0 Å². The van der Waals surface area contributed by atoms with Crippen molar-refractivity contribution >= 4 is 0 Å². The van der Waals surface area contributed by atoms with Crippen LogP contribution >= 0.6 is 0 Å². The van der Waals surface area contributed by atoms with E-state index in [1.807, 2.05) is 6.92 Å². The number of fused-ring (bicyclic) bond motifs is 1. The van der Waals surface area contributed by atoms with Crippen LogP contribution in [0.4, 0.5) is 8.78 Å². The molecule has 1 aromatic carbocycles. The van der Waals surface area contributed by atoms with Gasteiger partial charge in [0.25, 0.3) is 0 Å². The van der Waals surface area contributed by atoms with E-state index in [0.29, 0.717) is 18.1 Å². The lowest BCUT2D eigenvalue weighted by atomic mass is 9.63. The summed E-state index contributed by atoms with van der Waals surface area (Å²) in [7, 11) is 0. The molecule has 0 amide bonds. The van der Waals surface area contributed by atoms with Crippen molar-refractivity contribution in [2.75, 3.05) is 6.61 Å². The highest BCUT2D eigenvalue weighted by molar-refractivity contribution is 5.33.